The van der Waals surface area contributed by atoms with E-state index >= 15 is 0 Å². The fourth-order valence-electron chi connectivity index (χ4n) is 4.29. The van der Waals surface area contributed by atoms with Crippen LogP contribution in [0.1, 0.15) is 31.2 Å². The lowest BCUT2D eigenvalue weighted by Gasteiger charge is -2.30. The third kappa shape index (κ3) is 6.53. The Bertz CT molecular complexity index is 1090. The highest BCUT2D eigenvalue weighted by Gasteiger charge is 2.38. The summed E-state index contributed by atoms with van der Waals surface area (Å²) in [5.74, 6) is 0.653. The standard InChI is InChI=1S/C23H26F3N5O5/c24-23(25,26)19-13-16(3-6-20(19)31(33)34)29-15-1-4-17(5-2-15)35-18-7-8-28-21(14-18)36-22(32)30-11-9-27-10-12-30/h3,6-8,13-15,17,27,29H,1-2,4-5,9-12H2. The number of amides is 1. The molecule has 1 aliphatic heterocycles. The molecule has 2 aliphatic rings. The Morgan fingerprint density at radius 1 is 1.14 bits per heavy atom. The van der Waals surface area contributed by atoms with Gasteiger partial charge in [-0.2, -0.15) is 13.2 Å². The Morgan fingerprint density at radius 2 is 1.86 bits per heavy atom. The maximum atomic E-state index is 13.2. The fraction of sp³-hybridized carbons (Fsp3) is 0.478. The van der Waals surface area contributed by atoms with Crippen LogP contribution in [0.3, 0.4) is 0 Å². The van der Waals surface area contributed by atoms with Crippen LogP contribution in [-0.2, 0) is 6.18 Å². The number of rotatable bonds is 6. The average Bonchev–Trinajstić information content (AvgIpc) is 2.85. The maximum absolute atomic E-state index is 13.2. The number of hydrogen-bond donors (Lipinski definition) is 2. The summed E-state index contributed by atoms with van der Waals surface area (Å²) >= 11 is 0. The van der Waals surface area contributed by atoms with Crippen LogP contribution in [0.2, 0.25) is 0 Å². The summed E-state index contributed by atoms with van der Waals surface area (Å²) in [7, 11) is 0. The van der Waals surface area contributed by atoms with Gasteiger partial charge in [0.1, 0.15) is 11.3 Å². The van der Waals surface area contributed by atoms with Gasteiger partial charge in [-0.3, -0.25) is 10.1 Å². The van der Waals surface area contributed by atoms with Gasteiger partial charge in [-0.05, 0) is 43.9 Å². The molecule has 10 nitrogen and oxygen atoms in total. The first-order chi connectivity index (χ1) is 17.2. The van der Waals surface area contributed by atoms with Crippen LogP contribution in [0.25, 0.3) is 0 Å². The molecule has 194 valence electrons. The van der Waals surface area contributed by atoms with Crippen LogP contribution in [0.4, 0.5) is 29.3 Å². The van der Waals surface area contributed by atoms with E-state index in [4.69, 9.17) is 9.47 Å². The van der Waals surface area contributed by atoms with Crippen LogP contribution in [0, 0.1) is 10.1 Å². The van der Waals surface area contributed by atoms with Crippen molar-refractivity contribution in [2.45, 2.75) is 44.0 Å². The number of pyridine rings is 1. The minimum absolute atomic E-state index is 0.0969. The molecular weight excluding hydrogens is 483 g/mol. The maximum Gasteiger partial charge on any atom is 0.423 e. The lowest BCUT2D eigenvalue weighted by Crippen LogP contribution is -2.47. The van der Waals surface area contributed by atoms with Crippen LogP contribution >= 0.6 is 0 Å². The highest BCUT2D eigenvalue weighted by atomic mass is 19.4. The minimum Gasteiger partial charge on any atom is -0.490 e. The van der Waals surface area contributed by atoms with E-state index in [1.807, 2.05) is 0 Å². The van der Waals surface area contributed by atoms with E-state index in [1.165, 1.54) is 12.3 Å². The second-order valence-corrected chi connectivity index (χ2v) is 8.66. The molecule has 1 aromatic heterocycles. The van der Waals surface area contributed by atoms with Crippen molar-refractivity contribution in [2.75, 3.05) is 31.5 Å². The highest BCUT2D eigenvalue weighted by Crippen LogP contribution is 2.38. The van der Waals surface area contributed by atoms with E-state index < -0.39 is 28.4 Å². The fourth-order valence-corrected chi connectivity index (χ4v) is 4.29. The lowest BCUT2D eigenvalue weighted by molar-refractivity contribution is -0.388. The van der Waals surface area contributed by atoms with E-state index in [0.29, 0.717) is 57.6 Å². The number of carbonyl (C=O) groups excluding carboxylic acids is 1. The third-order valence-electron chi connectivity index (χ3n) is 6.12. The summed E-state index contributed by atoms with van der Waals surface area (Å²) in [5.41, 5.74) is -2.07. The van der Waals surface area contributed by atoms with Crippen molar-refractivity contribution in [2.24, 2.45) is 0 Å². The highest BCUT2D eigenvalue weighted by molar-refractivity contribution is 5.70. The van der Waals surface area contributed by atoms with Gasteiger partial charge in [0.15, 0.2) is 0 Å². The Morgan fingerprint density at radius 3 is 2.53 bits per heavy atom. The molecule has 1 aromatic carbocycles. The molecule has 2 N–H and O–H groups in total. The molecule has 36 heavy (non-hydrogen) atoms. The Hall–Kier alpha value is -3.61. The molecule has 2 aromatic rings. The number of anilines is 1. The Kier molecular flexibility index (Phi) is 7.77. The number of hydrogen-bond acceptors (Lipinski definition) is 8. The normalized spacial score (nSPS) is 20.5. The zero-order chi connectivity index (χ0) is 25.7. The molecule has 0 bridgehead atoms. The number of aromatic nitrogens is 1. The topological polar surface area (TPSA) is 119 Å². The number of nitro benzene ring substituents is 1. The second-order valence-electron chi connectivity index (χ2n) is 8.66. The number of nitrogens with one attached hydrogen (secondary N) is 2. The van der Waals surface area contributed by atoms with E-state index in [0.717, 1.165) is 12.1 Å². The number of carbonyl (C=O) groups is 1. The van der Waals surface area contributed by atoms with Gasteiger partial charge in [0.05, 0.1) is 11.0 Å². The van der Waals surface area contributed by atoms with Crippen molar-refractivity contribution in [1.82, 2.24) is 15.2 Å². The van der Waals surface area contributed by atoms with Gasteiger partial charge < -0.3 is 25.0 Å². The lowest BCUT2D eigenvalue weighted by atomic mass is 9.92. The van der Waals surface area contributed by atoms with Crippen LogP contribution in [-0.4, -0.2) is 59.2 Å². The predicted molar refractivity (Wildman–Crippen MR) is 123 cm³/mol. The molecule has 2 heterocycles. The Balaban J connectivity index is 1.29. The summed E-state index contributed by atoms with van der Waals surface area (Å²) in [4.78, 5) is 27.8. The molecule has 0 atom stereocenters. The molecule has 13 heteroatoms. The summed E-state index contributed by atoms with van der Waals surface area (Å²) in [6.45, 7) is 2.53. The molecule has 1 amide bonds. The van der Waals surface area contributed by atoms with Crippen LogP contribution in [0.5, 0.6) is 11.6 Å². The van der Waals surface area contributed by atoms with Crippen molar-refractivity contribution in [3.8, 4) is 11.6 Å². The number of benzene rings is 1. The van der Waals surface area contributed by atoms with Gasteiger partial charge in [-0.1, -0.05) is 0 Å². The van der Waals surface area contributed by atoms with Crippen LogP contribution in [0.15, 0.2) is 36.5 Å². The van der Waals surface area contributed by atoms with E-state index in [1.54, 1.807) is 17.0 Å². The molecule has 2 fully saturated rings. The summed E-state index contributed by atoms with van der Waals surface area (Å²) < 4.78 is 51.1. The SMILES string of the molecule is O=C(Oc1cc(OC2CCC(Nc3ccc([N+](=O)[O-])c(C(F)(F)F)c3)CC2)ccn1)N1CCNCC1. The number of ether oxygens (including phenoxy) is 2. The van der Waals surface area contributed by atoms with Gasteiger partial charge in [0.25, 0.3) is 5.69 Å². The third-order valence-corrected chi connectivity index (χ3v) is 6.12. The summed E-state index contributed by atoms with van der Waals surface area (Å²) in [5, 5.41) is 17.2. The Labute approximate surface area is 204 Å². The average molecular weight is 509 g/mol. The molecular formula is C23H26F3N5O5. The van der Waals surface area contributed by atoms with Crippen molar-refractivity contribution in [1.29, 1.82) is 0 Å². The largest absolute Gasteiger partial charge is 0.490 e. The smallest absolute Gasteiger partial charge is 0.423 e. The van der Waals surface area contributed by atoms with Crippen molar-refractivity contribution in [3.63, 3.8) is 0 Å². The quantitative estimate of drug-likeness (QED) is 0.439. The van der Waals surface area contributed by atoms with Crippen molar-refractivity contribution >= 4 is 17.5 Å². The zero-order valence-electron chi connectivity index (χ0n) is 19.3. The minimum atomic E-state index is -4.83. The first-order valence-corrected chi connectivity index (χ1v) is 11.6. The molecule has 0 unspecified atom stereocenters. The summed E-state index contributed by atoms with van der Waals surface area (Å²) in [6.07, 6.45) is -1.34. The number of alkyl halides is 3. The molecule has 1 aliphatic carbocycles. The van der Waals surface area contributed by atoms with Crippen molar-refractivity contribution in [3.05, 3.63) is 52.2 Å². The van der Waals surface area contributed by atoms with Crippen molar-refractivity contribution < 1.29 is 32.4 Å². The van der Waals surface area contributed by atoms with Gasteiger partial charge in [-0.25, -0.2) is 9.78 Å². The van der Waals surface area contributed by atoms with E-state index in [-0.39, 0.29) is 23.7 Å². The molecule has 0 spiro atoms. The van der Waals surface area contributed by atoms with E-state index in [9.17, 15) is 28.1 Å². The van der Waals surface area contributed by atoms with Crippen LogP contribution < -0.4 is 20.1 Å². The molecule has 1 saturated carbocycles. The van der Waals surface area contributed by atoms with Gasteiger partial charge >= 0.3 is 12.3 Å². The number of nitro groups is 1. The van der Waals surface area contributed by atoms with Gasteiger partial charge in [0.2, 0.25) is 5.88 Å². The first-order valence-electron chi connectivity index (χ1n) is 11.6. The number of piperazine rings is 1. The second kappa shape index (κ2) is 11.0. The monoisotopic (exact) mass is 509 g/mol. The summed E-state index contributed by atoms with van der Waals surface area (Å²) in [6, 6.07) is 6.06. The van der Waals surface area contributed by atoms with Gasteiger partial charge in [0, 0.05) is 56.2 Å². The number of halogens is 3. The number of nitrogens with zero attached hydrogens (tertiary/aromatic N) is 3. The molecule has 0 radical (unpaired) electrons. The van der Waals surface area contributed by atoms with E-state index in [2.05, 4.69) is 15.6 Å². The first kappa shape index (κ1) is 25.5. The zero-order valence-corrected chi connectivity index (χ0v) is 19.3. The van der Waals surface area contributed by atoms with Gasteiger partial charge in [-0.15, -0.1) is 0 Å². The molecule has 1 saturated heterocycles. The molecule has 4 rings (SSSR count). The predicted octanol–water partition coefficient (Wildman–Crippen LogP) is 4.21.